The largest absolute Gasteiger partial charge is 0.618 e. The van der Waals surface area contributed by atoms with Crippen LogP contribution in [0.3, 0.4) is 0 Å². The molecule has 23 heavy (non-hydrogen) atoms. The van der Waals surface area contributed by atoms with Crippen LogP contribution < -0.4 is 10.0 Å². The molecule has 112 valence electrons. The molecule has 4 rings (SSSR count). The first-order valence-electron chi connectivity index (χ1n) is 7.43. The summed E-state index contributed by atoms with van der Waals surface area (Å²) in [4.78, 5) is 12.2. The number of hydrogen-bond donors (Lipinski definition) is 1. The first-order valence-corrected chi connectivity index (χ1v) is 7.43. The SMILES string of the molecule is O=C(Nc1ccc2c(c1)Cc1ccccc1-2)c1cccc[n+]1[O-]. The van der Waals surface area contributed by atoms with Crippen molar-refractivity contribution >= 4 is 11.6 Å². The average molecular weight is 302 g/mol. The van der Waals surface area contributed by atoms with E-state index in [9.17, 15) is 10.0 Å². The second-order valence-corrected chi connectivity index (χ2v) is 5.57. The Labute approximate surface area is 133 Å². The van der Waals surface area contributed by atoms with Crippen LogP contribution in [-0.2, 0) is 6.42 Å². The minimum Gasteiger partial charge on any atom is -0.618 e. The summed E-state index contributed by atoms with van der Waals surface area (Å²) in [5, 5.41) is 14.4. The number of anilines is 1. The molecule has 0 fully saturated rings. The van der Waals surface area contributed by atoms with Gasteiger partial charge in [0.1, 0.15) is 0 Å². The maximum atomic E-state index is 12.2. The number of amides is 1. The third-order valence-corrected chi connectivity index (χ3v) is 4.11. The number of nitrogens with zero attached hydrogens (tertiary/aromatic N) is 1. The van der Waals surface area contributed by atoms with Crippen LogP contribution in [0.2, 0.25) is 0 Å². The van der Waals surface area contributed by atoms with Crippen LogP contribution in [0, 0.1) is 5.21 Å². The summed E-state index contributed by atoms with van der Waals surface area (Å²) in [5.41, 5.74) is 5.72. The third kappa shape index (κ3) is 2.34. The summed E-state index contributed by atoms with van der Waals surface area (Å²) >= 11 is 0. The predicted molar refractivity (Wildman–Crippen MR) is 88.0 cm³/mol. The van der Waals surface area contributed by atoms with Crippen molar-refractivity contribution in [2.24, 2.45) is 0 Å². The summed E-state index contributed by atoms with van der Waals surface area (Å²) in [6.07, 6.45) is 2.18. The summed E-state index contributed by atoms with van der Waals surface area (Å²) in [6, 6.07) is 18.9. The van der Waals surface area contributed by atoms with Crippen molar-refractivity contribution in [3.05, 3.63) is 88.9 Å². The number of rotatable bonds is 2. The first kappa shape index (κ1) is 13.5. The summed E-state index contributed by atoms with van der Waals surface area (Å²) < 4.78 is 0.568. The van der Waals surface area contributed by atoms with Crippen molar-refractivity contribution in [1.29, 1.82) is 0 Å². The van der Waals surface area contributed by atoms with Crippen molar-refractivity contribution in [2.75, 3.05) is 5.32 Å². The van der Waals surface area contributed by atoms with E-state index in [1.54, 1.807) is 12.1 Å². The van der Waals surface area contributed by atoms with Crippen molar-refractivity contribution in [2.45, 2.75) is 6.42 Å². The van der Waals surface area contributed by atoms with Gasteiger partial charge in [-0.2, -0.15) is 4.73 Å². The van der Waals surface area contributed by atoms with Gasteiger partial charge in [0, 0.05) is 17.8 Å². The minimum absolute atomic E-state index is 0.0799. The molecule has 0 bridgehead atoms. The summed E-state index contributed by atoms with van der Waals surface area (Å²) in [5.74, 6) is -0.406. The van der Waals surface area contributed by atoms with Gasteiger partial charge in [-0.25, -0.2) is 0 Å². The van der Waals surface area contributed by atoms with E-state index in [1.807, 2.05) is 30.3 Å². The van der Waals surface area contributed by atoms with Gasteiger partial charge in [0.15, 0.2) is 6.20 Å². The van der Waals surface area contributed by atoms with Crippen LogP contribution in [0.25, 0.3) is 11.1 Å². The van der Waals surface area contributed by atoms with Gasteiger partial charge in [0.2, 0.25) is 0 Å². The van der Waals surface area contributed by atoms with Gasteiger partial charge in [-0.1, -0.05) is 30.3 Å². The fraction of sp³-hybridized carbons (Fsp3) is 0.0526. The fourth-order valence-electron chi connectivity index (χ4n) is 3.02. The molecule has 0 unspecified atom stereocenters. The number of fused-ring (bicyclic) bond motifs is 3. The van der Waals surface area contributed by atoms with Crippen LogP contribution >= 0.6 is 0 Å². The van der Waals surface area contributed by atoms with Crippen LogP contribution in [0.15, 0.2) is 66.9 Å². The van der Waals surface area contributed by atoms with E-state index in [4.69, 9.17) is 0 Å². The Bertz CT molecular complexity index is 919. The molecule has 1 amide bonds. The highest BCUT2D eigenvalue weighted by atomic mass is 16.5. The smallest absolute Gasteiger partial charge is 0.321 e. The molecule has 0 radical (unpaired) electrons. The minimum atomic E-state index is -0.406. The molecule has 0 spiro atoms. The van der Waals surface area contributed by atoms with Gasteiger partial charge in [0.05, 0.1) is 0 Å². The molecular formula is C19H14N2O2. The predicted octanol–water partition coefficient (Wildman–Crippen LogP) is 3.14. The molecule has 4 heteroatoms. The number of aromatic nitrogens is 1. The Balaban J connectivity index is 1.62. The number of pyridine rings is 1. The van der Waals surface area contributed by atoms with E-state index in [0.717, 1.165) is 6.42 Å². The second-order valence-electron chi connectivity index (χ2n) is 5.57. The van der Waals surface area contributed by atoms with Gasteiger partial charge in [-0.05, 0) is 46.9 Å². The number of benzene rings is 2. The lowest BCUT2D eigenvalue weighted by atomic mass is 10.1. The van der Waals surface area contributed by atoms with Crippen LogP contribution in [0.1, 0.15) is 21.6 Å². The topological polar surface area (TPSA) is 56.0 Å². The van der Waals surface area contributed by atoms with Crippen molar-refractivity contribution in [3.63, 3.8) is 0 Å². The maximum Gasteiger partial charge on any atom is 0.321 e. The number of hydrogen-bond acceptors (Lipinski definition) is 2. The number of carbonyl (C=O) groups is 1. The lowest BCUT2D eigenvalue weighted by molar-refractivity contribution is -0.607. The molecule has 1 aliphatic rings. The molecule has 0 atom stereocenters. The molecule has 0 saturated heterocycles. The van der Waals surface area contributed by atoms with E-state index in [-0.39, 0.29) is 5.69 Å². The average Bonchev–Trinajstić information content (AvgIpc) is 2.92. The monoisotopic (exact) mass is 302 g/mol. The Morgan fingerprint density at radius 1 is 0.957 bits per heavy atom. The van der Waals surface area contributed by atoms with Gasteiger partial charge in [-0.15, -0.1) is 0 Å². The van der Waals surface area contributed by atoms with Gasteiger partial charge < -0.3 is 10.5 Å². The van der Waals surface area contributed by atoms with E-state index in [2.05, 4.69) is 17.4 Å². The van der Waals surface area contributed by atoms with Crippen molar-refractivity contribution in [1.82, 2.24) is 0 Å². The van der Waals surface area contributed by atoms with E-state index in [0.29, 0.717) is 10.4 Å². The Kier molecular flexibility index (Phi) is 3.08. The Morgan fingerprint density at radius 3 is 2.61 bits per heavy atom. The van der Waals surface area contributed by atoms with Gasteiger partial charge >= 0.3 is 5.91 Å². The highest BCUT2D eigenvalue weighted by Gasteiger charge is 2.19. The third-order valence-electron chi connectivity index (χ3n) is 4.11. The molecule has 1 aromatic heterocycles. The molecule has 1 aliphatic carbocycles. The quantitative estimate of drug-likeness (QED) is 0.457. The van der Waals surface area contributed by atoms with Crippen molar-refractivity contribution in [3.8, 4) is 11.1 Å². The van der Waals surface area contributed by atoms with E-state index < -0.39 is 5.91 Å². The lowest BCUT2D eigenvalue weighted by Crippen LogP contribution is -2.36. The normalized spacial score (nSPS) is 11.7. The standard InChI is InChI=1S/C19H14N2O2/c22-19(18-7-3-4-10-21(18)23)20-15-8-9-17-14(12-15)11-13-5-1-2-6-16(13)17/h1-10,12H,11H2,(H,20,22). The van der Waals surface area contributed by atoms with Gasteiger partial charge in [-0.3, -0.25) is 4.79 Å². The lowest BCUT2D eigenvalue weighted by Gasteiger charge is -2.08. The Morgan fingerprint density at radius 2 is 1.74 bits per heavy atom. The zero-order chi connectivity index (χ0) is 15.8. The molecule has 3 aromatic rings. The number of nitrogens with one attached hydrogen (secondary N) is 1. The maximum absolute atomic E-state index is 12.2. The highest BCUT2D eigenvalue weighted by molar-refractivity contribution is 6.02. The van der Waals surface area contributed by atoms with Crippen LogP contribution in [-0.4, -0.2) is 5.91 Å². The second kappa shape index (κ2) is 5.25. The van der Waals surface area contributed by atoms with Crippen LogP contribution in [0.4, 0.5) is 5.69 Å². The molecule has 4 nitrogen and oxygen atoms in total. The summed E-state index contributed by atoms with van der Waals surface area (Å²) in [6.45, 7) is 0. The highest BCUT2D eigenvalue weighted by Crippen LogP contribution is 2.37. The van der Waals surface area contributed by atoms with Crippen LogP contribution in [0.5, 0.6) is 0 Å². The van der Waals surface area contributed by atoms with Gasteiger partial charge in [0.25, 0.3) is 5.69 Å². The molecule has 0 aliphatic heterocycles. The molecule has 2 aromatic carbocycles. The molecular weight excluding hydrogens is 288 g/mol. The van der Waals surface area contributed by atoms with E-state index in [1.165, 1.54) is 34.5 Å². The zero-order valence-corrected chi connectivity index (χ0v) is 12.3. The Hall–Kier alpha value is -3.14. The molecule has 1 heterocycles. The zero-order valence-electron chi connectivity index (χ0n) is 12.3. The summed E-state index contributed by atoms with van der Waals surface area (Å²) in [7, 11) is 0. The number of carbonyl (C=O) groups excluding carboxylic acids is 1. The van der Waals surface area contributed by atoms with E-state index >= 15 is 0 Å². The fourth-order valence-corrected chi connectivity index (χ4v) is 3.02. The molecule has 1 N–H and O–H groups in total. The first-order chi connectivity index (χ1) is 11.2. The van der Waals surface area contributed by atoms with Crippen molar-refractivity contribution < 1.29 is 9.52 Å². The molecule has 0 saturated carbocycles.